The Morgan fingerprint density at radius 3 is 2.81 bits per heavy atom. The van der Waals surface area contributed by atoms with Gasteiger partial charge >= 0.3 is 0 Å². The normalized spacial score (nSPS) is 17.5. The van der Waals surface area contributed by atoms with Crippen LogP contribution in [0.5, 0.6) is 0 Å². The van der Waals surface area contributed by atoms with Crippen LogP contribution in [0.2, 0.25) is 0 Å². The van der Waals surface area contributed by atoms with Gasteiger partial charge in [0, 0.05) is 25.2 Å². The van der Waals surface area contributed by atoms with E-state index in [-0.39, 0.29) is 5.91 Å². The van der Waals surface area contributed by atoms with Gasteiger partial charge in [0.05, 0.1) is 0 Å². The second-order valence-electron chi connectivity index (χ2n) is 5.77. The summed E-state index contributed by atoms with van der Waals surface area (Å²) in [6.07, 6.45) is 3.49. The number of piperazine rings is 1. The van der Waals surface area contributed by atoms with E-state index in [1.807, 2.05) is 13.8 Å². The fraction of sp³-hybridized carbons (Fsp3) is 0.667. The lowest BCUT2D eigenvalue weighted by atomic mass is 9.97. The van der Waals surface area contributed by atoms with Crippen molar-refractivity contribution in [1.82, 2.24) is 15.3 Å². The van der Waals surface area contributed by atoms with Crippen LogP contribution in [0.1, 0.15) is 39.7 Å². The molecule has 0 atom stereocenters. The number of nitrogens with one attached hydrogen (secondary N) is 2. The largest absolute Gasteiger partial charge is 0.370 e. The Labute approximate surface area is 126 Å². The first-order valence-electron chi connectivity index (χ1n) is 7.66. The molecule has 0 spiro atoms. The predicted molar refractivity (Wildman–Crippen MR) is 84.6 cm³/mol. The van der Waals surface area contributed by atoms with Gasteiger partial charge in [-0.25, -0.2) is 9.97 Å². The van der Waals surface area contributed by atoms with Gasteiger partial charge in [0.2, 0.25) is 5.91 Å². The number of anilines is 2. The van der Waals surface area contributed by atoms with Crippen LogP contribution < -0.4 is 15.5 Å². The molecule has 1 aliphatic heterocycles. The van der Waals surface area contributed by atoms with E-state index in [0.29, 0.717) is 6.54 Å². The number of hydrogen-bond donors (Lipinski definition) is 2. The number of amides is 1. The first kappa shape index (κ1) is 15.5. The Balaban J connectivity index is 2.46. The van der Waals surface area contributed by atoms with Crippen LogP contribution in [0.4, 0.5) is 11.6 Å². The summed E-state index contributed by atoms with van der Waals surface area (Å²) in [5.74, 6) is 1.80. The topological polar surface area (TPSA) is 70.2 Å². The predicted octanol–water partition coefficient (Wildman–Crippen LogP) is 1.58. The van der Waals surface area contributed by atoms with Gasteiger partial charge in [-0.05, 0) is 27.2 Å². The zero-order valence-electron chi connectivity index (χ0n) is 13.4. The Morgan fingerprint density at radius 2 is 2.14 bits per heavy atom. The van der Waals surface area contributed by atoms with E-state index >= 15 is 0 Å². The Bertz CT molecular complexity index is 515. The van der Waals surface area contributed by atoms with Gasteiger partial charge in [-0.2, -0.15) is 0 Å². The Morgan fingerprint density at radius 1 is 1.38 bits per heavy atom. The number of hydrogen-bond acceptors (Lipinski definition) is 5. The van der Waals surface area contributed by atoms with Crippen LogP contribution in [0.15, 0.2) is 6.33 Å². The molecule has 1 fully saturated rings. The molecule has 21 heavy (non-hydrogen) atoms. The third-order valence-electron chi connectivity index (χ3n) is 3.87. The van der Waals surface area contributed by atoms with Crippen molar-refractivity contribution >= 4 is 17.5 Å². The van der Waals surface area contributed by atoms with E-state index in [0.717, 1.165) is 43.1 Å². The molecule has 1 amide bonds. The van der Waals surface area contributed by atoms with Gasteiger partial charge in [-0.1, -0.05) is 13.3 Å². The van der Waals surface area contributed by atoms with Crippen molar-refractivity contribution in [3.05, 3.63) is 11.9 Å². The van der Waals surface area contributed by atoms with Crippen molar-refractivity contribution in [3.63, 3.8) is 0 Å². The van der Waals surface area contributed by atoms with Crippen molar-refractivity contribution in [2.24, 2.45) is 0 Å². The standard InChI is InChI=1S/C15H25N5O/c1-5-7-11-12(16-6-2)18-10-19-13(11)20-9-8-17-14(21)15(20,3)4/h10H,5-9H2,1-4H3,(H,17,21)(H,16,18,19). The highest BCUT2D eigenvalue weighted by Crippen LogP contribution is 2.31. The molecule has 116 valence electrons. The van der Waals surface area contributed by atoms with E-state index in [2.05, 4.69) is 39.3 Å². The van der Waals surface area contributed by atoms with Crippen LogP contribution >= 0.6 is 0 Å². The van der Waals surface area contributed by atoms with Crippen molar-refractivity contribution in [2.45, 2.75) is 46.1 Å². The first-order chi connectivity index (χ1) is 10.0. The highest BCUT2D eigenvalue weighted by Gasteiger charge is 2.39. The van der Waals surface area contributed by atoms with E-state index in [1.54, 1.807) is 6.33 Å². The van der Waals surface area contributed by atoms with E-state index in [9.17, 15) is 4.79 Å². The molecule has 1 aliphatic rings. The highest BCUT2D eigenvalue weighted by molar-refractivity contribution is 5.90. The number of carbonyl (C=O) groups excluding carboxylic acids is 1. The minimum absolute atomic E-state index is 0.0415. The van der Waals surface area contributed by atoms with Gasteiger partial charge in [-0.3, -0.25) is 4.79 Å². The monoisotopic (exact) mass is 291 g/mol. The number of nitrogens with zero attached hydrogens (tertiary/aromatic N) is 3. The molecule has 6 heteroatoms. The number of carbonyl (C=O) groups is 1. The maximum atomic E-state index is 12.2. The van der Waals surface area contributed by atoms with Crippen LogP contribution in [0, 0.1) is 0 Å². The molecule has 0 aromatic carbocycles. The van der Waals surface area contributed by atoms with Gasteiger partial charge in [-0.15, -0.1) is 0 Å². The van der Waals surface area contributed by atoms with Crippen molar-refractivity contribution < 1.29 is 4.79 Å². The fourth-order valence-electron chi connectivity index (χ4n) is 2.71. The van der Waals surface area contributed by atoms with Crippen molar-refractivity contribution in [3.8, 4) is 0 Å². The van der Waals surface area contributed by atoms with Gasteiger partial charge in [0.1, 0.15) is 23.5 Å². The molecule has 2 heterocycles. The first-order valence-corrected chi connectivity index (χ1v) is 7.66. The molecule has 6 nitrogen and oxygen atoms in total. The quantitative estimate of drug-likeness (QED) is 0.862. The Kier molecular flexibility index (Phi) is 4.65. The summed E-state index contributed by atoms with van der Waals surface area (Å²) in [6.45, 7) is 10.3. The van der Waals surface area contributed by atoms with E-state index < -0.39 is 5.54 Å². The Hall–Kier alpha value is -1.85. The van der Waals surface area contributed by atoms with Gasteiger partial charge in [0.25, 0.3) is 0 Å². The second-order valence-corrected chi connectivity index (χ2v) is 5.77. The molecular formula is C15H25N5O. The van der Waals surface area contributed by atoms with Gasteiger partial charge < -0.3 is 15.5 Å². The summed E-state index contributed by atoms with van der Waals surface area (Å²) in [5, 5.41) is 6.22. The minimum atomic E-state index is -0.599. The summed E-state index contributed by atoms with van der Waals surface area (Å²) in [4.78, 5) is 23.1. The zero-order valence-corrected chi connectivity index (χ0v) is 13.4. The molecule has 0 aliphatic carbocycles. The molecule has 2 rings (SSSR count). The SMILES string of the molecule is CCCc1c(NCC)ncnc1N1CCNC(=O)C1(C)C. The summed E-state index contributed by atoms with van der Waals surface area (Å²) in [6, 6.07) is 0. The number of aromatic nitrogens is 2. The maximum Gasteiger partial charge on any atom is 0.245 e. The average Bonchev–Trinajstić information content (AvgIpc) is 2.44. The van der Waals surface area contributed by atoms with E-state index in [4.69, 9.17) is 0 Å². The van der Waals surface area contributed by atoms with Crippen LogP contribution in [-0.4, -0.2) is 41.0 Å². The molecule has 0 saturated carbocycles. The van der Waals surface area contributed by atoms with E-state index in [1.165, 1.54) is 0 Å². The lowest BCUT2D eigenvalue weighted by molar-refractivity contribution is -0.126. The highest BCUT2D eigenvalue weighted by atomic mass is 16.2. The minimum Gasteiger partial charge on any atom is -0.370 e. The second kappa shape index (κ2) is 6.28. The summed E-state index contributed by atoms with van der Waals surface area (Å²) in [5.41, 5.74) is 0.503. The zero-order chi connectivity index (χ0) is 15.5. The molecule has 1 aromatic rings. The van der Waals surface area contributed by atoms with Crippen LogP contribution in [0.25, 0.3) is 0 Å². The third kappa shape index (κ3) is 2.94. The summed E-state index contributed by atoms with van der Waals surface area (Å²) in [7, 11) is 0. The smallest absolute Gasteiger partial charge is 0.245 e. The molecule has 0 radical (unpaired) electrons. The van der Waals surface area contributed by atoms with Crippen molar-refractivity contribution in [1.29, 1.82) is 0 Å². The summed E-state index contributed by atoms with van der Waals surface area (Å²) < 4.78 is 0. The summed E-state index contributed by atoms with van der Waals surface area (Å²) >= 11 is 0. The average molecular weight is 291 g/mol. The number of rotatable bonds is 5. The lowest BCUT2D eigenvalue weighted by Crippen LogP contribution is -2.62. The van der Waals surface area contributed by atoms with Gasteiger partial charge in [0.15, 0.2) is 0 Å². The van der Waals surface area contributed by atoms with Crippen LogP contribution in [-0.2, 0) is 11.2 Å². The molecule has 1 aromatic heterocycles. The maximum absolute atomic E-state index is 12.2. The molecular weight excluding hydrogens is 266 g/mol. The molecule has 0 unspecified atom stereocenters. The third-order valence-corrected chi connectivity index (χ3v) is 3.87. The van der Waals surface area contributed by atoms with Crippen molar-refractivity contribution in [2.75, 3.05) is 29.9 Å². The van der Waals surface area contributed by atoms with Crippen LogP contribution in [0.3, 0.4) is 0 Å². The molecule has 0 bridgehead atoms. The fourth-order valence-corrected chi connectivity index (χ4v) is 2.71. The lowest BCUT2D eigenvalue weighted by Gasteiger charge is -2.42. The molecule has 2 N–H and O–H groups in total. The molecule has 1 saturated heterocycles.